The van der Waals surface area contributed by atoms with E-state index in [2.05, 4.69) is 10.5 Å². The Morgan fingerprint density at radius 2 is 1.79 bits per heavy atom. The van der Waals surface area contributed by atoms with Crippen molar-refractivity contribution < 1.29 is 27.7 Å². The molecule has 0 aliphatic rings. The summed E-state index contributed by atoms with van der Waals surface area (Å²) in [6, 6.07) is 11.0. The molecule has 2 aromatic carbocycles. The number of rotatable bonds is 6. The van der Waals surface area contributed by atoms with E-state index in [1.54, 1.807) is 11.4 Å². The highest BCUT2D eigenvalue weighted by Crippen LogP contribution is 2.19. The van der Waals surface area contributed by atoms with Crippen LogP contribution in [-0.4, -0.2) is 28.6 Å². The molecule has 0 unspecified atom stereocenters. The van der Waals surface area contributed by atoms with Crippen molar-refractivity contribution in [3.8, 4) is 0 Å². The van der Waals surface area contributed by atoms with Crippen LogP contribution >= 0.6 is 0 Å². The van der Waals surface area contributed by atoms with Gasteiger partial charge in [-0.2, -0.15) is 18.3 Å². The zero-order chi connectivity index (χ0) is 21.6. The van der Waals surface area contributed by atoms with Gasteiger partial charge in [-0.25, -0.2) is 5.43 Å². The number of benzene rings is 2. The van der Waals surface area contributed by atoms with Gasteiger partial charge in [-0.15, -0.1) is 0 Å². The third-order valence-corrected chi connectivity index (χ3v) is 3.66. The first kappa shape index (κ1) is 21.5. The van der Waals surface area contributed by atoms with Gasteiger partial charge in [0.15, 0.2) is 0 Å². The number of hydrogen-bond donors (Lipinski definition) is 2. The monoisotopic (exact) mass is 408 g/mol. The van der Waals surface area contributed by atoms with Crippen LogP contribution < -0.4 is 10.7 Å². The molecular weight excluding hydrogens is 393 g/mol. The fourth-order valence-corrected chi connectivity index (χ4v) is 2.20. The lowest BCUT2D eigenvalue weighted by Crippen LogP contribution is -2.30. The number of amides is 2. The lowest BCUT2D eigenvalue weighted by molar-refractivity contribution is -0.384. The minimum atomic E-state index is -5.01. The van der Waals surface area contributed by atoms with Crippen LogP contribution in [0.15, 0.2) is 53.6 Å². The van der Waals surface area contributed by atoms with Crippen LogP contribution in [0.3, 0.4) is 0 Å². The Morgan fingerprint density at radius 1 is 1.14 bits per heavy atom. The second-order valence-corrected chi connectivity index (χ2v) is 5.87. The van der Waals surface area contributed by atoms with E-state index in [-0.39, 0.29) is 17.8 Å². The van der Waals surface area contributed by atoms with E-state index < -0.39 is 22.9 Å². The van der Waals surface area contributed by atoms with Gasteiger partial charge in [0.1, 0.15) is 0 Å². The van der Waals surface area contributed by atoms with Gasteiger partial charge in [0.2, 0.25) is 5.91 Å². The zero-order valence-electron chi connectivity index (χ0n) is 15.0. The standard InChI is InChI=1S/C18H15F3N4O4/c1-11(13-3-2-4-14(10-13)22-17(27)18(19,20)21)23-24-16(26)9-12-5-7-15(8-6-12)25(28)29/h2-8,10H,9H2,1H3,(H,22,27)(H,24,26). The number of nitrogens with one attached hydrogen (secondary N) is 2. The Labute approximate surface area is 162 Å². The van der Waals surface area contributed by atoms with Crippen LogP contribution in [0.1, 0.15) is 18.1 Å². The molecule has 11 heteroatoms. The first-order chi connectivity index (χ1) is 13.6. The number of nitro benzene ring substituents is 1. The lowest BCUT2D eigenvalue weighted by atomic mass is 10.1. The van der Waals surface area contributed by atoms with E-state index in [1.165, 1.54) is 49.4 Å². The van der Waals surface area contributed by atoms with Crippen LogP contribution in [-0.2, 0) is 16.0 Å². The molecule has 0 heterocycles. The van der Waals surface area contributed by atoms with E-state index in [9.17, 15) is 32.9 Å². The fraction of sp³-hybridized carbons (Fsp3) is 0.167. The summed E-state index contributed by atoms with van der Waals surface area (Å²) in [5.41, 5.74) is 3.36. The number of anilines is 1. The summed E-state index contributed by atoms with van der Waals surface area (Å²) >= 11 is 0. The Balaban J connectivity index is 2.00. The smallest absolute Gasteiger partial charge is 0.318 e. The molecule has 8 nitrogen and oxygen atoms in total. The molecule has 0 bridgehead atoms. The lowest BCUT2D eigenvalue weighted by Gasteiger charge is -2.09. The number of alkyl halides is 3. The molecule has 2 rings (SSSR count). The van der Waals surface area contributed by atoms with Crippen molar-refractivity contribution in [1.82, 2.24) is 5.43 Å². The molecule has 0 aromatic heterocycles. The van der Waals surface area contributed by atoms with Crippen LogP contribution in [0.25, 0.3) is 0 Å². The highest BCUT2D eigenvalue weighted by atomic mass is 19.4. The molecule has 29 heavy (non-hydrogen) atoms. The average molecular weight is 408 g/mol. The molecule has 0 saturated carbocycles. The second kappa shape index (κ2) is 8.95. The second-order valence-electron chi connectivity index (χ2n) is 5.87. The van der Waals surface area contributed by atoms with Crippen molar-refractivity contribution in [1.29, 1.82) is 0 Å². The van der Waals surface area contributed by atoms with E-state index in [1.807, 2.05) is 0 Å². The molecule has 0 spiro atoms. The van der Waals surface area contributed by atoms with Gasteiger partial charge in [0, 0.05) is 17.8 Å². The van der Waals surface area contributed by atoms with Crippen molar-refractivity contribution in [3.05, 3.63) is 69.8 Å². The third kappa shape index (κ3) is 6.41. The summed E-state index contributed by atoms with van der Waals surface area (Å²) in [5, 5.41) is 16.2. The van der Waals surface area contributed by atoms with Gasteiger partial charge in [-0.1, -0.05) is 24.3 Å². The maximum absolute atomic E-state index is 12.3. The summed E-state index contributed by atoms with van der Waals surface area (Å²) in [4.78, 5) is 33.0. The number of nitrogens with zero attached hydrogens (tertiary/aromatic N) is 2. The molecule has 0 radical (unpaired) electrons. The molecule has 0 aliphatic heterocycles. The van der Waals surface area contributed by atoms with Crippen LogP contribution in [0.4, 0.5) is 24.5 Å². The van der Waals surface area contributed by atoms with Crippen molar-refractivity contribution in [2.24, 2.45) is 5.10 Å². The molecule has 152 valence electrons. The van der Waals surface area contributed by atoms with Crippen LogP contribution in [0, 0.1) is 10.1 Å². The van der Waals surface area contributed by atoms with Gasteiger partial charge in [-0.05, 0) is 30.2 Å². The van der Waals surface area contributed by atoms with Crippen molar-refractivity contribution in [2.75, 3.05) is 5.32 Å². The highest BCUT2D eigenvalue weighted by Gasteiger charge is 2.38. The molecular formula is C18H15F3N4O4. The van der Waals surface area contributed by atoms with Crippen LogP contribution in [0.2, 0.25) is 0 Å². The van der Waals surface area contributed by atoms with Gasteiger partial charge in [0.05, 0.1) is 17.1 Å². The summed E-state index contributed by atoms with van der Waals surface area (Å²) < 4.78 is 37.0. The Hall–Kier alpha value is -3.76. The maximum Gasteiger partial charge on any atom is 0.471 e. The Morgan fingerprint density at radius 3 is 2.38 bits per heavy atom. The van der Waals surface area contributed by atoms with Crippen LogP contribution in [0.5, 0.6) is 0 Å². The topological polar surface area (TPSA) is 114 Å². The van der Waals surface area contributed by atoms with Crippen molar-refractivity contribution >= 4 is 28.9 Å². The van der Waals surface area contributed by atoms with Gasteiger partial charge in [0.25, 0.3) is 5.69 Å². The molecule has 0 aliphatic carbocycles. The summed E-state index contributed by atoms with van der Waals surface area (Å²) in [5.74, 6) is -2.58. The Bertz CT molecular complexity index is 956. The number of carbonyl (C=O) groups is 2. The first-order valence-corrected chi connectivity index (χ1v) is 8.11. The zero-order valence-corrected chi connectivity index (χ0v) is 15.0. The van der Waals surface area contributed by atoms with Crippen molar-refractivity contribution in [2.45, 2.75) is 19.5 Å². The molecule has 0 saturated heterocycles. The number of halogens is 3. The fourth-order valence-electron chi connectivity index (χ4n) is 2.20. The number of nitro groups is 1. The number of non-ortho nitro benzene ring substituents is 1. The first-order valence-electron chi connectivity index (χ1n) is 8.11. The predicted molar refractivity (Wildman–Crippen MR) is 98.3 cm³/mol. The van der Waals surface area contributed by atoms with E-state index in [0.717, 1.165) is 0 Å². The minimum absolute atomic E-state index is 0.0726. The number of carbonyl (C=O) groups excluding carboxylic acids is 2. The quantitative estimate of drug-likeness (QED) is 0.434. The molecule has 2 amide bonds. The van der Waals surface area contributed by atoms with E-state index >= 15 is 0 Å². The van der Waals surface area contributed by atoms with Gasteiger partial charge >= 0.3 is 12.1 Å². The van der Waals surface area contributed by atoms with E-state index in [0.29, 0.717) is 16.8 Å². The normalized spacial score (nSPS) is 11.7. The SMILES string of the molecule is CC(=NNC(=O)Cc1ccc([N+](=O)[O-])cc1)c1cccc(NC(=O)C(F)(F)F)c1. The minimum Gasteiger partial charge on any atom is -0.318 e. The molecule has 0 atom stereocenters. The van der Waals surface area contributed by atoms with Gasteiger partial charge < -0.3 is 5.32 Å². The van der Waals surface area contributed by atoms with Gasteiger partial charge in [-0.3, -0.25) is 19.7 Å². The molecule has 2 N–H and O–H groups in total. The summed E-state index contributed by atoms with van der Waals surface area (Å²) in [7, 11) is 0. The number of hydrazone groups is 1. The molecule has 0 fully saturated rings. The van der Waals surface area contributed by atoms with E-state index in [4.69, 9.17) is 0 Å². The summed E-state index contributed by atoms with van der Waals surface area (Å²) in [6.45, 7) is 1.52. The average Bonchev–Trinajstić information content (AvgIpc) is 2.66. The maximum atomic E-state index is 12.3. The highest BCUT2D eigenvalue weighted by molar-refractivity contribution is 6.01. The van der Waals surface area contributed by atoms with Crippen molar-refractivity contribution in [3.63, 3.8) is 0 Å². The molecule has 2 aromatic rings. The number of hydrogen-bond acceptors (Lipinski definition) is 5. The predicted octanol–water partition coefficient (Wildman–Crippen LogP) is 3.18. The summed E-state index contributed by atoms with van der Waals surface area (Å²) in [6.07, 6.45) is -5.08. The Kier molecular flexibility index (Phi) is 6.65. The third-order valence-electron chi connectivity index (χ3n) is 3.66. The largest absolute Gasteiger partial charge is 0.471 e.